The summed E-state index contributed by atoms with van der Waals surface area (Å²) in [5.41, 5.74) is 3.66. The van der Waals surface area contributed by atoms with E-state index in [4.69, 9.17) is 4.98 Å². The standard InChI is InChI=1S/C23H24N2/c1-3-18(4-2)23-24-21-11-7-8-12-22(21)25(23)16-17-13-14-19-9-5-6-10-20(19)15-17/h5-15,18H,3-4,16H2,1-2H3. The number of nitrogens with zero attached hydrogens (tertiary/aromatic N) is 2. The molecule has 0 aliphatic heterocycles. The maximum absolute atomic E-state index is 4.98. The predicted octanol–water partition coefficient (Wildman–Crippen LogP) is 6.14. The molecule has 0 N–H and O–H groups in total. The number of aromatic nitrogens is 2. The Morgan fingerprint density at radius 1 is 0.840 bits per heavy atom. The first-order valence-corrected chi connectivity index (χ1v) is 9.23. The van der Waals surface area contributed by atoms with E-state index >= 15 is 0 Å². The molecule has 126 valence electrons. The van der Waals surface area contributed by atoms with Gasteiger partial charge in [0.2, 0.25) is 0 Å². The lowest BCUT2D eigenvalue weighted by molar-refractivity contribution is 0.570. The van der Waals surface area contributed by atoms with Crippen LogP contribution in [0.4, 0.5) is 0 Å². The van der Waals surface area contributed by atoms with Crippen LogP contribution in [0.2, 0.25) is 0 Å². The van der Waals surface area contributed by atoms with Crippen molar-refractivity contribution < 1.29 is 0 Å². The minimum atomic E-state index is 0.507. The second kappa shape index (κ2) is 6.72. The van der Waals surface area contributed by atoms with Crippen molar-refractivity contribution in [2.24, 2.45) is 0 Å². The minimum Gasteiger partial charge on any atom is -0.323 e. The van der Waals surface area contributed by atoms with Crippen LogP contribution in [-0.4, -0.2) is 9.55 Å². The zero-order valence-corrected chi connectivity index (χ0v) is 14.9. The van der Waals surface area contributed by atoms with Gasteiger partial charge in [0.05, 0.1) is 11.0 Å². The lowest BCUT2D eigenvalue weighted by Crippen LogP contribution is -2.09. The Kier molecular flexibility index (Phi) is 4.27. The zero-order valence-electron chi connectivity index (χ0n) is 14.9. The van der Waals surface area contributed by atoms with Gasteiger partial charge in [-0.25, -0.2) is 4.98 Å². The Morgan fingerprint density at radius 3 is 2.36 bits per heavy atom. The van der Waals surface area contributed by atoms with Crippen molar-refractivity contribution in [3.63, 3.8) is 0 Å². The van der Waals surface area contributed by atoms with Gasteiger partial charge >= 0.3 is 0 Å². The van der Waals surface area contributed by atoms with E-state index in [1.807, 2.05) is 0 Å². The molecule has 2 heteroatoms. The third-order valence-electron chi connectivity index (χ3n) is 5.19. The highest BCUT2D eigenvalue weighted by molar-refractivity contribution is 5.83. The highest BCUT2D eigenvalue weighted by atomic mass is 15.1. The Bertz CT molecular complexity index is 1010. The molecule has 0 amide bonds. The molecule has 0 unspecified atom stereocenters. The topological polar surface area (TPSA) is 17.8 Å². The molecule has 1 aromatic heterocycles. The van der Waals surface area contributed by atoms with E-state index in [0.717, 1.165) is 24.9 Å². The van der Waals surface area contributed by atoms with Crippen LogP contribution in [0.25, 0.3) is 21.8 Å². The van der Waals surface area contributed by atoms with Gasteiger partial charge in [0.15, 0.2) is 0 Å². The first-order valence-electron chi connectivity index (χ1n) is 9.23. The highest BCUT2D eigenvalue weighted by Crippen LogP contribution is 2.28. The quantitative estimate of drug-likeness (QED) is 0.430. The number of hydrogen-bond donors (Lipinski definition) is 0. The van der Waals surface area contributed by atoms with Crippen molar-refractivity contribution in [2.75, 3.05) is 0 Å². The van der Waals surface area contributed by atoms with Crippen LogP contribution in [0.1, 0.15) is 44.0 Å². The fourth-order valence-electron chi connectivity index (χ4n) is 3.75. The number of hydrogen-bond acceptors (Lipinski definition) is 1. The number of para-hydroxylation sites is 2. The smallest absolute Gasteiger partial charge is 0.113 e. The summed E-state index contributed by atoms with van der Waals surface area (Å²) in [5.74, 6) is 1.73. The van der Waals surface area contributed by atoms with Crippen LogP contribution in [0.5, 0.6) is 0 Å². The monoisotopic (exact) mass is 328 g/mol. The summed E-state index contributed by atoms with van der Waals surface area (Å²) >= 11 is 0. The molecule has 0 atom stereocenters. The molecule has 0 saturated heterocycles. The molecule has 3 aromatic carbocycles. The maximum Gasteiger partial charge on any atom is 0.113 e. The summed E-state index contributed by atoms with van der Waals surface area (Å²) in [4.78, 5) is 4.98. The molecule has 1 heterocycles. The second-order valence-corrected chi connectivity index (χ2v) is 6.74. The van der Waals surface area contributed by atoms with Crippen molar-refractivity contribution in [2.45, 2.75) is 39.2 Å². The van der Waals surface area contributed by atoms with Crippen LogP contribution >= 0.6 is 0 Å². The maximum atomic E-state index is 4.98. The van der Waals surface area contributed by atoms with Crippen LogP contribution in [0.15, 0.2) is 66.7 Å². The van der Waals surface area contributed by atoms with Gasteiger partial charge in [0.25, 0.3) is 0 Å². The summed E-state index contributed by atoms with van der Waals surface area (Å²) in [5, 5.41) is 2.59. The van der Waals surface area contributed by atoms with Crippen molar-refractivity contribution in [3.8, 4) is 0 Å². The fourth-order valence-corrected chi connectivity index (χ4v) is 3.75. The van der Waals surface area contributed by atoms with Crippen molar-refractivity contribution >= 4 is 21.8 Å². The van der Waals surface area contributed by atoms with Gasteiger partial charge in [-0.2, -0.15) is 0 Å². The normalized spacial score (nSPS) is 11.6. The van der Waals surface area contributed by atoms with E-state index < -0.39 is 0 Å². The minimum absolute atomic E-state index is 0.507. The summed E-state index contributed by atoms with van der Waals surface area (Å²) in [6.07, 6.45) is 2.25. The van der Waals surface area contributed by atoms with Crippen LogP contribution in [0.3, 0.4) is 0 Å². The van der Waals surface area contributed by atoms with E-state index in [2.05, 4.69) is 85.1 Å². The molecule has 0 radical (unpaired) electrons. The molecular formula is C23H24N2. The van der Waals surface area contributed by atoms with Crippen molar-refractivity contribution in [1.82, 2.24) is 9.55 Å². The van der Waals surface area contributed by atoms with Gasteiger partial charge in [-0.3, -0.25) is 0 Å². The largest absolute Gasteiger partial charge is 0.323 e. The van der Waals surface area contributed by atoms with Crippen LogP contribution < -0.4 is 0 Å². The molecule has 0 spiro atoms. The van der Waals surface area contributed by atoms with Crippen molar-refractivity contribution in [1.29, 1.82) is 0 Å². The summed E-state index contributed by atoms with van der Waals surface area (Å²) in [6.45, 7) is 5.39. The summed E-state index contributed by atoms with van der Waals surface area (Å²) < 4.78 is 2.41. The molecule has 4 rings (SSSR count). The van der Waals surface area contributed by atoms with E-state index in [1.165, 1.54) is 27.7 Å². The first-order chi connectivity index (χ1) is 12.3. The van der Waals surface area contributed by atoms with E-state index in [-0.39, 0.29) is 0 Å². The van der Waals surface area contributed by atoms with Crippen LogP contribution in [0, 0.1) is 0 Å². The number of benzene rings is 3. The molecule has 2 nitrogen and oxygen atoms in total. The SMILES string of the molecule is CCC(CC)c1nc2ccccc2n1Cc1ccc2ccccc2c1. The molecule has 0 bridgehead atoms. The predicted molar refractivity (Wildman–Crippen MR) is 106 cm³/mol. The number of imidazole rings is 1. The summed E-state index contributed by atoms with van der Waals surface area (Å²) in [6, 6.07) is 23.8. The van der Waals surface area contributed by atoms with E-state index in [1.54, 1.807) is 0 Å². The number of rotatable bonds is 5. The molecule has 0 aliphatic carbocycles. The molecule has 0 aliphatic rings. The van der Waals surface area contributed by atoms with Gasteiger partial charge in [0, 0.05) is 12.5 Å². The fraction of sp³-hybridized carbons (Fsp3) is 0.261. The highest BCUT2D eigenvalue weighted by Gasteiger charge is 2.17. The third-order valence-corrected chi connectivity index (χ3v) is 5.19. The Balaban J connectivity index is 1.82. The van der Waals surface area contributed by atoms with E-state index in [0.29, 0.717) is 5.92 Å². The van der Waals surface area contributed by atoms with Gasteiger partial charge in [-0.05, 0) is 47.4 Å². The molecule has 25 heavy (non-hydrogen) atoms. The van der Waals surface area contributed by atoms with Gasteiger partial charge in [-0.1, -0.05) is 62.4 Å². The Hall–Kier alpha value is -2.61. The second-order valence-electron chi connectivity index (χ2n) is 6.74. The Labute approximate surface area is 149 Å². The van der Waals surface area contributed by atoms with Gasteiger partial charge in [0.1, 0.15) is 5.82 Å². The average molecular weight is 328 g/mol. The molecule has 0 saturated carbocycles. The third kappa shape index (κ3) is 2.93. The van der Waals surface area contributed by atoms with Crippen LogP contribution in [-0.2, 0) is 6.54 Å². The van der Waals surface area contributed by atoms with E-state index in [9.17, 15) is 0 Å². The van der Waals surface area contributed by atoms with Gasteiger partial charge < -0.3 is 4.57 Å². The zero-order chi connectivity index (χ0) is 17.2. The molecule has 0 fully saturated rings. The first kappa shape index (κ1) is 15.9. The van der Waals surface area contributed by atoms with Crippen molar-refractivity contribution in [3.05, 3.63) is 78.1 Å². The lowest BCUT2D eigenvalue weighted by Gasteiger charge is -2.16. The molecule has 4 aromatic rings. The van der Waals surface area contributed by atoms with Gasteiger partial charge in [-0.15, -0.1) is 0 Å². The molecular weight excluding hydrogens is 304 g/mol. The average Bonchev–Trinajstić information content (AvgIpc) is 3.01. The lowest BCUT2D eigenvalue weighted by atomic mass is 10.0. The number of fused-ring (bicyclic) bond motifs is 2. The Morgan fingerprint density at radius 2 is 1.56 bits per heavy atom. The summed E-state index contributed by atoms with van der Waals surface area (Å²) in [7, 11) is 0.